The van der Waals surface area contributed by atoms with E-state index in [0.717, 1.165) is 9.87 Å². The van der Waals surface area contributed by atoms with Gasteiger partial charge in [0.1, 0.15) is 0 Å². The Morgan fingerprint density at radius 3 is 2.68 bits per heavy atom. The van der Waals surface area contributed by atoms with Crippen molar-refractivity contribution in [3.8, 4) is 0 Å². The lowest BCUT2D eigenvalue weighted by molar-refractivity contribution is 0.505. The maximum atomic E-state index is 11.6. The van der Waals surface area contributed by atoms with E-state index >= 15 is 0 Å². The summed E-state index contributed by atoms with van der Waals surface area (Å²) in [5, 5.41) is 0. The van der Waals surface area contributed by atoms with Crippen molar-refractivity contribution in [2.24, 2.45) is 7.05 Å². The van der Waals surface area contributed by atoms with Gasteiger partial charge in [-0.1, -0.05) is 6.07 Å². The topological polar surface area (TPSA) is 84.6 Å². The molecule has 0 spiro atoms. The highest BCUT2D eigenvalue weighted by molar-refractivity contribution is 7.87. The Bertz CT molecular complexity index is 758. The van der Waals surface area contributed by atoms with Crippen LogP contribution in [0.5, 0.6) is 0 Å². The molecule has 0 aliphatic heterocycles. The fourth-order valence-corrected chi connectivity index (χ4v) is 2.19. The Morgan fingerprint density at radius 1 is 1.37 bits per heavy atom. The summed E-state index contributed by atoms with van der Waals surface area (Å²) in [7, 11) is 1.04. The van der Waals surface area contributed by atoms with Crippen LogP contribution in [0.15, 0.2) is 27.4 Å². The number of oxazole rings is 1. The highest BCUT2D eigenvalue weighted by Crippen LogP contribution is 2.14. The van der Waals surface area contributed by atoms with Gasteiger partial charge in [0.2, 0.25) is 0 Å². The van der Waals surface area contributed by atoms with Crippen molar-refractivity contribution in [1.82, 2.24) is 13.6 Å². The second kappa shape index (κ2) is 4.80. The van der Waals surface area contributed by atoms with Crippen LogP contribution in [0.1, 0.15) is 5.56 Å². The van der Waals surface area contributed by atoms with Crippen LogP contribution in [-0.2, 0) is 23.8 Å². The van der Waals surface area contributed by atoms with Gasteiger partial charge < -0.3 is 4.42 Å². The van der Waals surface area contributed by atoms with Crippen LogP contribution >= 0.6 is 0 Å². The van der Waals surface area contributed by atoms with Crippen molar-refractivity contribution in [2.75, 3.05) is 14.1 Å². The molecule has 0 radical (unpaired) electrons. The van der Waals surface area contributed by atoms with Crippen molar-refractivity contribution in [3.63, 3.8) is 0 Å². The van der Waals surface area contributed by atoms with E-state index in [0.29, 0.717) is 11.1 Å². The van der Waals surface area contributed by atoms with Crippen LogP contribution in [0.2, 0.25) is 0 Å². The molecule has 0 saturated heterocycles. The van der Waals surface area contributed by atoms with Gasteiger partial charge in [0.05, 0.1) is 5.52 Å². The van der Waals surface area contributed by atoms with Gasteiger partial charge in [-0.25, -0.2) is 4.79 Å². The van der Waals surface area contributed by atoms with E-state index in [4.69, 9.17) is 4.42 Å². The molecule has 0 aliphatic rings. The molecule has 0 bridgehead atoms. The predicted octanol–water partition coefficient (Wildman–Crippen LogP) is 0.0275. The van der Waals surface area contributed by atoms with Crippen LogP contribution in [0.4, 0.5) is 0 Å². The van der Waals surface area contributed by atoms with Crippen LogP contribution in [0.25, 0.3) is 11.1 Å². The van der Waals surface area contributed by atoms with Crippen LogP contribution in [-0.4, -0.2) is 31.4 Å². The van der Waals surface area contributed by atoms with Crippen molar-refractivity contribution >= 4 is 21.3 Å². The molecule has 0 unspecified atom stereocenters. The minimum absolute atomic E-state index is 0.149. The monoisotopic (exact) mass is 285 g/mol. The number of benzene rings is 1. The molecule has 2 aromatic rings. The number of hydrogen-bond donors (Lipinski definition) is 1. The molecule has 0 amide bonds. The summed E-state index contributed by atoms with van der Waals surface area (Å²) in [6, 6.07) is 5.08. The number of hydrogen-bond acceptors (Lipinski definition) is 4. The van der Waals surface area contributed by atoms with Crippen LogP contribution < -0.4 is 10.5 Å². The highest BCUT2D eigenvalue weighted by Gasteiger charge is 2.13. The molecule has 0 aliphatic carbocycles. The zero-order valence-corrected chi connectivity index (χ0v) is 11.7. The van der Waals surface area contributed by atoms with Crippen LogP contribution in [0, 0.1) is 0 Å². The largest absolute Gasteiger partial charge is 0.419 e. The number of aryl methyl sites for hydroxylation is 1. The number of aromatic nitrogens is 1. The van der Waals surface area contributed by atoms with Crippen molar-refractivity contribution in [1.29, 1.82) is 0 Å². The molecule has 0 saturated carbocycles. The first-order valence-corrected chi connectivity index (χ1v) is 7.01. The molecule has 1 aromatic carbocycles. The maximum absolute atomic E-state index is 11.6. The van der Waals surface area contributed by atoms with Gasteiger partial charge >= 0.3 is 5.76 Å². The summed E-state index contributed by atoms with van der Waals surface area (Å²) in [6.45, 7) is 0.149. The van der Waals surface area contributed by atoms with Crippen LogP contribution in [0.3, 0.4) is 0 Å². The minimum atomic E-state index is -3.46. The highest BCUT2D eigenvalue weighted by atomic mass is 32.2. The molecular weight excluding hydrogens is 270 g/mol. The summed E-state index contributed by atoms with van der Waals surface area (Å²) in [5.74, 6) is -0.443. The van der Waals surface area contributed by atoms with Crippen molar-refractivity contribution in [3.05, 3.63) is 34.3 Å². The van der Waals surface area contributed by atoms with Gasteiger partial charge in [-0.3, -0.25) is 4.57 Å². The van der Waals surface area contributed by atoms with Gasteiger partial charge in [-0.15, -0.1) is 0 Å². The molecule has 1 heterocycles. The molecule has 0 fully saturated rings. The predicted molar refractivity (Wildman–Crippen MR) is 70.9 cm³/mol. The molecule has 1 aromatic heterocycles. The first-order valence-electron chi connectivity index (χ1n) is 5.57. The second-order valence-electron chi connectivity index (χ2n) is 4.34. The molecule has 7 nitrogen and oxygen atoms in total. The number of rotatable bonds is 4. The lowest BCUT2D eigenvalue weighted by atomic mass is 10.2. The fraction of sp³-hybridized carbons (Fsp3) is 0.364. The summed E-state index contributed by atoms with van der Waals surface area (Å²) in [5.41, 5.74) is 1.85. The summed E-state index contributed by atoms with van der Waals surface area (Å²) in [6.07, 6.45) is 0. The molecule has 19 heavy (non-hydrogen) atoms. The fourth-order valence-electron chi connectivity index (χ4n) is 1.59. The summed E-state index contributed by atoms with van der Waals surface area (Å²) in [4.78, 5) is 11.3. The Morgan fingerprint density at radius 2 is 2.05 bits per heavy atom. The average Bonchev–Trinajstić information content (AvgIpc) is 2.63. The van der Waals surface area contributed by atoms with Gasteiger partial charge in [0.25, 0.3) is 10.2 Å². The first-order chi connectivity index (χ1) is 8.81. The Kier molecular flexibility index (Phi) is 3.48. The van der Waals surface area contributed by atoms with Gasteiger partial charge in [-0.05, 0) is 17.7 Å². The Labute approximate surface area is 110 Å². The first kappa shape index (κ1) is 13.8. The average molecular weight is 285 g/mol. The normalized spacial score (nSPS) is 12.4. The number of nitrogens with zero attached hydrogens (tertiary/aromatic N) is 2. The lowest BCUT2D eigenvalue weighted by Gasteiger charge is -2.12. The zero-order valence-electron chi connectivity index (χ0n) is 10.9. The van der Waals surface area contributed by atoms with Gasteiger partial charge in [-0.2, -0.15) is 17.4 Å². The molecule has 104 valence electrons. The van der Waals surface area contributed by atoms with E-state index < -0.39 is 16.0 Å². The zero-order chi connectivity index (χ0) is 14.2. The number of fused-ring (bicyclic) bond motifs is 1. The molecule has 1 N–H and O–H groups in total. The molecular formula is C11H15N3O4S. The van der Waals surface area contributed by atoms with Gasteiger partial charge in [0.15, 0.2) is 5.58 Å². The third-order valence-corrected chi connectivity index (χ3v) is 4.27. The van der Waals surface area contributed by atoms with E-state index in [-0.39, 0.29) is 6.54 Å². The molecule has 0 atom stereocenters. The Hall–Kier alpha value is -1.64. The molecule has 8 heteroatoms. The summed E-state index contributed by atoms with van der Waals surface area (Å²) < 4.78 is 33.1. The molecule has 2 rings (SSSR count). The summed E-state index contributed by atoms with van der Waals surface area (Å²) >= 11 is 0. The van der Waals surface area contributed by atoms with E-state index in [1.54, 1.807) is 25.2 Å². The van der Waals surface area contributed by atoms with E-state index in [2.05, 4.69) is 4.72 Å². The van der Waals surface area contributed by atoms with Gasteiger partial charge in [0, 0.05) is 27.7 Å². The third-order valence-electron chi connectivity index (χ3n) is 2.80. The quantitative estimate of drug-likeness (QED) is 0.858. The standard InChI is InChI=1S/C11H15N3O4S/c1-13(2)19(16,17)12-7-8-4-5-10-9(6-8)14(3)11(15)18-10/h4-6,12H,7H2,1-3H3. The van der Waals surface area contributed by atoms with E-state index in [9.17, 15) is 13.2 Å². The maximum Gasteiger partial charge on any atom is 0.419 e. The van der Waals surface area contributed by atoms with Crippen molar-refractivity contribution < 1.29 is 12.8 Å². The minimum Gasteiger partial charge on any atom is -0.408 e. The lowest BCUT2D eigenvalue weighted by Crippen LogP contribution is -2.35. The SMILES string of the molecule is CN(C)S(=O)(=O)NCc1ccc2oc(=O)n(C)c2c1. The Balaban J connectivity index is 2.28. The van der Waals surface area contributed by atoms with E-state index in [1.807, 2.05) is 0 Å². The third kappa shape index (κ3) is 2.70. The number of nitrogens with one attached hydrogen (secondary N) is 1. The second-order valence-corrected chi connectivity index (χ2v) is 6.31. The van der Waals surface area contributed by atoms with E-state index in [1.165, 1.54) is 18.7 Å². The smallest absolute Gasteiger partial charge is 0.408 e. The van der Waals surface area contributed by atoms with Crippen molar-refractivity contribution in [2.45, 2.75) is 6.54 Å².